The zero-order valence-corrected chi connectivity index (χ0v) is 12.9. The van der Waals surface area contributed by atoms with Gasteiger partial charge in [-0.1, -0.05) is 30.3 Å². The van der Waals surface area contributed by atoms with E-state index in [9.17, 15) is 9.00 Å². The van der Waals surface area contributed by atoms with Crippen molar-refractivity contribution in [2.75, 3.05) is 13.2 Å². The number of hydrogen-bond donors (Lipinski definition) is 3. The Morgan fingerprint density at radius 3 is 2.57 bits per heavy atom. The highest BCUT2D eigenvalue weighted by Crippen LogP contribution is 2.22. The van der Waals surface area contributed by atoms with Crippen LogP contribution in [0.25, 0.3) is 0 Å². The van der Waals surface area contributed by atoms with Gasteiger partial charge in [0.25, 0.3) is 0 Å². The van der Waals surface area contributed by atoms with Crippen LogP contribution in [0.15, 0.2) is 42.1 Å². The van der Waals surface area contributed by atoms with E-state index < -0.39 is 23.3 Å². The van der Waals surface area contributed by atoms with Crippen LogP contribution in [0, 0.1) is 0 Å². The predicted octanol–water partition coefficient (Wildman–Crippen LogP) is 1.51. The van der Waals surface area contributed by atoms with Crippen molar-refractivity contribution >= 4 is 17.2 Å². The third kappa shape index (κ3) is 5.66. The second-order valence-corrected chi connectivity index (χ2v) is 4.82. The molecule has 0 aliphatic heterocycles. The van der Waals surface area contributed by atoms with Crippen molar-refractivity contribution in [1.82, 2.24) is 10.0 Å². The molecule has 2 unspecified atom stereocenters. The number of carbonyl (C=O) groups is 1. The molecule has 0 aromatic heterocycles. The van der Waals surface area contributed by atoms with E-state index in [0.717, 1.165) is 0 Å². The molecule has 0 amide bonds. The Hall–Kier alpha value is -1.70. The summed E-state index contributed by atoms with van der Waals surface area (Å²) in [4.78, 5) is 12.1. The van der Waals surface area contributed by atoms with E-state index in [2.05, 4.69) is 10.0 Å². The normalized spacial score (nSPS) is 14.3. The first-order valence-corrected chi connectivity index (χ1v) is 7.73. The Morgan fingerprint density at radius 1 is 1.38 bits per heavy atom. The Bertz CT molecular complexity index is 505. The quantitative estimate of drug-likeness (QED) is 0.385. The summed E-state index contributed by atoms with van der Waals surface area (Å²) in [5.74, 6) is -0.537. The lowest BCUT2D eigenvalue weighted by Crippen LogP contribution is -2.30. The van der Waals surface area contributed by atoms with Gasteiger partial charge in [0.15, 0.2) is 0 Å². The van der Waals surface area contributed by atoms with Crippen molar-refractivity contribution in [3.05, 3.63) is 47.7 Å². The molecule has 0 fully saturated rings. The van der Waals surface area contributed by atoms with Crippen LogP contribution < -0.4 is 10.0 Å². The molecule has 0 heterocycles. The summed E-state index contributed by atoms with van der Waals surface area (Å²) in [5, 5.41) is 2.93. The van der Waals surface area contributed by atoms with Crippen LogP contribution in [0.3, 0.4) is 0 Å². The van der Waals surface area contributed by atoms with Crippen LogP contribution in [0.4, 0.5) is 0 Å². The molecular weight excluding hydrogens is 292 g/mol. The molecule has 0 radical (unpaired) electrons. The van der Waals surface area contributed by atoms with Crippen LogP contribution in [0.5, 0.6) is 0 Å². The van der Waals surface area contributed by atoms with E-state index in [1.165, 1.54) is 6.20 Å². The van der Waals surface area contributed by atoms with Crippen LogP contribution >= 0.6 is 0 Å². The monoisotopic (exact) mass is 312 g/mol. The topological polar surface area (TPSA) is 87.7 Å². The molecule has 0 aliphatic carbocycles. The van der Waals surface area contributed by atoms with Gasteiger partial charge in [-0.2, -0.15) is 0 Å². The molecule has 1 aromatic carbocycles. The number of hydrogen-bond acceptors (Lipinski definition) is 4. The average Bonchev–Trinajstić information content (AvgIpc) is 2.47. The van der Waals surface area contributed by atoms with Gasteiger partial charge in [0.2, 0.25) is 11.3 Å². The van der Waals surface area contributed by atoms with E-state index >= 15 is 0 Å². The second kappa shape index (κ2) is 9.28. The highest BCUT2D eigenvalue weighted by Gasteiger charge is 2.25. The third-order valence-corrected chi connectivity index (χ3v) is 3.07. The molecule has 0 saturated heterocycles. The summed E-state index contributed by atoms with van der Waals surface area (Å²) in [5.41, 5.74) is 0.935. The second-order valence-electron chi connectivity index (χ2n) is 4.09. The van der Waals surface area contributed by atoms with Crippen molar-refractivity contribution in [2.45, 2.75) is 19.9 Å². The molecule has 21 heavy (non-hydrogen) atoms. The number of benzene rings is 1. The minimum atomic E-state index is -2.27. The standard InChI is InChI=1S/C14H20N2O4S/c1-3-15-10-12(14(17)20-4-2)13(16-21(18)19)11-8-6-5-7-9-11/h5-10,13,15-16H,3-4H2,1-2H3,(H,18,19)/b12-10+. The SMILES string of the molecule is CCN/C=C(/C(=O)OCC)C(NS(=O)O)c1ccccc1. The Kier molecular flexibility index (Phi) is 7.66. The molecule has 0 bridgehead atoms. The van der Waals surface area contributed by atoms with Gasteiger partial charge in [-0.25, -0.2) is 13.7 Å². The van der Waals surface area contributed by atoms with E-state index in [1.807, 2.05) is 13.0 Å². The van der Waals surface area contributed by atoms with Crippen molar-refractivity contribution in [3.8, 4) is 0 Å². The first-order valence-electron chi connectivity index (χ1n) is 6.62. The molecule has 1 rings (SSSR count). The molecule has 7 heteroatoms. The summed E-state index contributed by atoms with van der Waals surface area (Å²) in [6.45, 7) is 4.44. The van der Waals surface area contributed by atoms with E-state index in [0.29, 0.717) is 12.1 Å². The maximum atomic E-state index is 12.1. The first kappa shape index (κ1) is 17.4. The van der Waals surface area contributed by atoms with Gasteiger partial charge in [-0.15, -0.1) is 0 Å². The fourth-order valence-electron chi connectivity index (χ4n) is 1.74. The fourth-order valence-corrected chi connectivity index (χ4v) is 2.21. The predicted molar refractivity (Wildman–Crippen MR) is 81.5 cm³/mol. The molecular formula is C14H20N2O4S. The van der Waals surface area contributed by atoms with Gasteiger partial charge in [0.05, 0.1) is 18.2 Å². The number of carbonyl (C=O) groups excluding carboxylic acids is 1. The van der Waals surface area contributed by atoms with Gasteiger partial charge < -0.3 is 10.1 Å². The number of rotatable bonds is 8. The van der Waals surface area contributed by atoms with Crippen molar-refractivity contribution in [2.24, 2.45) is 0 Å². The van der Waals surface area contributed by atoms with E-state index in [1.54, 1.807) is 31.2 Å². The lowest BCUT2D eigenvalue weighted by molar-refractivity contribution is -0.138. The maximum absolute atomic E-state index is 12.1. The number of nitrogens with one attached hydrogen (secondary N) is 2. The first-order chi connectivity index (χ1) is 10.1. The Morgan fingerprint density at radius 2 is 2.05 bits per heavy atom. The molecule has 0 spiro atoms. The lowest BCUT2D eigenvalue weighted by Gasteiger charge is -2.19. The third-order valence-electron chi connectivity index (χ3n) is 2.64. The Balaban J connectivity index is 3.17. The highest BCUT2D eigenvalue weighted by atomic mass is 32.2. The minimum absolute atomic E-state index is 0.228. The molecule has 6 nitrogen and oxygen atoms in total. The van der Waals surface area contributed by atoms with Crippen LogP contribution in [0.2, 0.25) is 0 Å². The molecule has 1 aromatic rings. The van der Waals surface area contributed by atoms with Crippen molar-refractivity contribution in [1.29, 1.82) is 0 Å². The highest BCUT2D eigenvalue weighted by molar-refractivity contribution is 7.77. The largest absolute Gasteiger partial charge is 0.463 e. The fraction of sp³-hybridized carbons (Fsp3) is 0.357. The van der Waals surface area contributed by atoms with E-state index in [-0.39, 0.29) is 12.2 Å². The molecule has 2 atom stereocenters. The lowest BCUT2D eigenvalue weighted by atomic mass is 10.0. The van der Waals surface area contributed by atoms with Gasteiger partial charge in [-0.05, 0) is 19.4 Å². The zero-order valence-electron chi connectivity index (χ0n) is 12.0. The molecule has 3 N–H and O–H groups in total. The summed E-state index contributed by atoms with van der Waals surface area (Å²) in [6.07, 6.45) is 1.51. The van der Waals surface area contributed by atoms with Gasteiger partial charge in [-0.3, -0.25) is 4.55 Å². The number of esters is 1. The summed E-state index contributed by atoms with van der Waals surface area (Å²) in [7, 11) is 0. The van der Waals surface area contributed by atoms with E-state index in [4.69, 9.17) is 9.29 Å². The summed E-state index contributed by atoms with van der Waals surface area (Å²) >= 11 is -2.27. The van der Waals surface area contributed by atoms with Gasteiger partial charge in [0, 0.05) is 12.7 Å². The molecule has 0 aliphatic rings. The summed E-state index contributed by atoms with van der Waals surface area (Å²) in [6, 6.07) is 8.21. The zero-order chi connectivity index (χ0) is 15.7. The average molecular weight is 312 g/mol. The number of ether oxygens (including phenoxy) is 1. The van der Waals surface area contributed by atoms with Crippen molar-refractivity contribution in [3.63, 3.8) is 0 Å². The summed E-state index contributed by atoms with van der Waals surface area (Å²) < 4.78 is 27.8. The Labute approximate surface area is 127 Å². The van der Waals surface area contributed by atoms with Gasteiger partial charge in [0.1, 0.15) is 0 Å². The smallest absolute Gasteiger partial charge is 0.337 e. The maximum Gasteiger partial charge on any atom is 0.337 e. The van der Waals surface area contributed by atoms with Crippen LogP contribution in [0.1, 0.15) is 25.5 Å². The van der Waals surface area contributed by atoms with Crippen molar-refractivity contribution < 1.29 is 18.3 Å². The van der Waals surface area contributed by atoms with Gasteiger partial charge >= 0.3 is 5.97 Å². The molecule has 116 valence electrons. The van der Waals surface area contributed by atoms with Crippen LogP contribution in [-0.4, -0.2) is 27.9 Å². The molecule has 0 saturated carbocycles. The van der Waals surface area contributed by atoms with Crippen LogP contribution in [-0.2, 0) is 20.8 Å². The minimum Gasteiger partial charge on any atom is -0.463 e.